The average Bonchev–Trinajstić information content (AvgIpc) is 2.99. The Bertz CT molecular complexity index is 637. The van der Waals surface area contributed by atoms with Gasteiger partial charge in [-0.2, -0.15) is 5.10 Å². The first kappa shape index (κ1) is 18.6. The summed E-state index contributed by atoms with van der Waals surface area (Å²) in [6, 6.07) is 0. The summed E-state index contributed by atoms with van der Waals surface area (Å²) in [7, 11) is 1.93. The molecule has 0 bridgehead atoms. The highest BCUT2D eigenvalue weighted by Crippen LogP contribution is 2.12. The fraction of sp³-hybridized carbons (Fsp3) is 0.500. The van der Waals surface area contributed by atoms with Gasteiger partial charge in [0, 0.05) is 31.1 Å². The van der Waals surface area contributed by atoms with E-state index in [1.807, 2.05) is 25.6 Å². The van der Waals surface area contributed by atoms with E-state index >= 15 is 0 Å². The third-order valence-corrected chi connectivity index (χ3v) is 4.37. The van der Waals surface area contributed by atoms with Crippen LogP contribution in [0.2, 0.25) is 0 Å². The fourth-order valence-corrected chi connectivity index (χ4v) is 3.02. The van der Waals surface area contributed by atoms with E-state index in [0.29, 0.717) is 25.2 Å². The van der Waals surface area contributed by atoms with Crippen LogP contribution >= 0.6 is 23.7 Å². The first-order valence-corrected chi connectivity index (χ1v) is 7.82. The average molecular weight is 344 g/mol. The van der Waals surface area contributed by atoms with Crippen LogP contribution in [-0.2, 0) is 19.9 Å². The summed E-state index contributed by atoms with van der Waals surface area (Å²) in [6.45, 7) is 5.16. The quantitative estimate of drug-likeness (QED) is 0.830. The zero-order valence-corrected chi connectivity index (χ0v) is 14.7. The predicted molar refractivity (Wildman–Crippen MR) is 90.8 cm³/mol. The number of rotatable bonds is 6. The monoisotopic (exact) mass is 343 g/mol. The molecule has 0 aliphatic carbocycles. The summed E-state index contributed by atoms with van der Waals surface area (Å²) in [5, 5.41) is 9.96. The Morgan fingerprint density at radius 1 is 1.41 bits per heavy atom. The molecule has 0 saturated carbocycles. The summed E-state index contributed by atoms with van der Waals surface area (Å²) in [6.07, 6.45) is 1.49. The molecule has 0 atom stereocenters. The molecule has 22 heavy (non-hydrogen) atoms. The van der Waals surface area contributed by atoms with Crippen molar-refractivity contribution in [2.45, 2.75) is 26.7 Å². The van der Waals surface area contributed by atoms with Crippen molar-refractivity contribution in [1.29, 1.82) is 0 Å². The molecule has 0 fully saturated rings. The van der Waals surface area contributed by atoms with Gasteiger partial charge in [-0.15, -0.1) is 23.7 Å². The lowest BCUT2D eigenvalue weighted by molar-refractivity contribution is 0.0949. The second-order valence-electron chi connectivity index (χ2n) is 4.94. The van der Waals surface area contributed by atoms with Crippen molar-refractivity contribution in [1.82, 2.24) is 20.1 Å². The highest BCUT2D eigenvalue weighted by molar-refractivity contribution is 7.09. The minimum atomic E-state index is -0.131. The molecular formula is C14H22ClN5OS. The molecule has 0 unspecified atom stereocenters. The Labute approximate surface area is 140 Å². The molecule has 122 valence electrons. The van der Waals surface area contributed by atoms with Crippen LogP contribution in [0.25, 0.3) is 0 Å². The highest BCUT2D eigenvalue weighted by atomic mass is 35.5. The molecule has 0 aliphatic rings. The predicted octanol–water partition coefficient (Wildman–Crippen LogP) is 1.39. The maximum Gasteiger partial charge on any atom is 0.270 e. The number of carbonyl (C=O) groups excluding carboxylic acids is 1. The van der Waals surface area contributed by atoms with Gasteiger partial charge in [-0.05, 0) is 32.4 Å². The van der Waals surface area contributed by atoms with Gasteiger partial charge in [0.1, 0.15) is 5.69 Å². The number of halogens is 1. The minimum absolute atomic E-state index is 0. The Morgan fingerprint density at radius 2 is 2.14 bits per heavy atom. The number of aromatic nitrogens is 3. The van der Waals surface area contributed by atoms with Crippen LogP contribution in [0.5, 0.6) is 0 Å². The van der Waals surface area contributed by atoms with E-state index in [-0.39, 0.29) is 18.3 Å². The third-order valence-electron chi connectivity index (χ3n) is 3.46. The molecule has 0 aromatic carbocycles. The van der Waals surface area contributed by atoms with Crippen molar-refractivity contribution in [2.24, 2.45) is 12.8 Å². The third kappa shape index (κ3) is 4.28. The number of hydrogen-bond acceptors (Lipinski definition) is 5. The Kier molecular flexibility index (Phi) is 6.99. The van der Waals surface area contributed by atoms with Crippen LogP contribution in [0, 0.1) is 13.8 Å². The van der Waals surface area contributed by atoms with Crippen LogP contribution in [0.3, 0.4) is 0 Å². The fourth-order valence-electron chi connectivity index (χ4n) is 2.22. The Morgan fingerprint density at radius 3 is 2.73 bits per heavy atom. The number of aryl methyl sites for hydroxylation is 2. The topological polar surface area (TPSA) is 85.8 Å². The standard InChI is InChI=1S/C14H21N5OS.ClH/c1-9-11(10(2)19(3)18-9)5-7-16-14(20)12-8-21-13(17-12)4-6-15;/h8H,4-7,15H2,1-3H3,(H,16,20);1H. The van der Waals surface area contributed by atoms with Crippen LogP contribution in [0.1, 0.15) is 32.4 Å². The summed E-state index contributed by atoms with van der Waals surface area (Å²) >= 11 is 1.48. The maximum atomic E-state index is 12.0. The van der Waals surface area contributed by atoms with Crippen LogP contribution < -0.4 is 11.1 Å². The summed E-state index contributed by atoms with van der Waals surface area (Å²) in [5.74, 6) is -0.131. The Hall–Kier alpha value is -1.44. The van der Waals surface area contributed by atoms with E-state index < -0.39 is 0 Å². The van der Waals surface area contributed by atoms with E-state index in [1.54, 1.807) is 5.38 Å². The molecule has 0 radical (unpaired) electrons. The number of hydrogen-bond donors (Lipinski definition) is 2. The van der Waals surface area contributed by atoms with Gasteiger partial charge < -0.3 is 11.1 Å². The lowest BCUT2D eigenvalue weighted by Crippen LogP contribution is -2.26. The van der Waals surface area contributed by atoms with Crippen molar-refractivity contribution in [3.8, 4) is 0 Å². The number of carbonyl (C=O) groups is 1. The second kappa shape index (κ2) is 8.26. The first-order valence-electron chi connectivity index (χ1n) is 6.94. The van der Waals surface area contributed by atoms with E-state index in [9.17, 15) is 4.79 Å². The molecule has 0 spiro atoms. The number of nitrogens with one attached hydrogen (secondary N) is 1. The van der Waals surface area contributed by atoms with E-state index in [1.165, 1.54) is 16.9 Å². The van der Waals surface area contributed by atoms with Crippen molar-refractivity contribution < 1.29 is 4.79 Å². The number of nitrogens with zero attached hydrogens (tertiary/aromatic N) is 3. The largest absolute Gasteiger partial charge is 0.350 e. The molecule has 0 saturated heterocycles. The molecule has 6 nitrogen and oxygen atoms in total. The van der Waals surface area contributed by atoms with Gasteiger partial charge in [-0.1, -0.05) is 0 Å². The highest BCUT2D eigenvalue weighted by Gasteiger charge is 2.12. The van der Waals surface area contributed by atoms with Crippen LogP contribution in [0.15, 0.2) is 5.38 Å². The minimum Gasteiger partial charge on any atom is -0.350 e. The molecule has 0 aliphatic heterocycles. The second-order valence-corrected chi connectivity index (χ2v) is 5.89. The molecular weight excluding hydrogens is 322 g/mol. The lowest BCUT2D eigenvalue weighted by Gasteiger charge is -2.04. The van der Waals surface area contributed by atoms with Crippen molar-refractivity contribution in [2.75, 3.05) is 13.1 Å². The van der Waals surface area contributed by atoms with Gasteiger partial charge in [0.15, 0.2) is 0 Å². The molecule has 8 heteroatoms. The van der Waals surface area contributed by atoms with Gasteiger partial charge in [-0.3, -0.25) is 9.48 Å². The van der Waals surface area contributed by atoms with Gasteiger partial charge in [-0.25, -0.2) is 4.98 Å². The zero-order chi connectivity index (χ0) is 15.4. The van der Waals surface area contributed by atoms with Gasteiger partial charge in [0.25, 0.3) is 5.91 Å². The van der Waals surface area contributed by atoms with E-state index in [4.69, 9.17) is 5.73 Å². The lowest BCUT2D eigenvalue weighted by atomic mass is 10.1. The SMILES string of the molecule is Cc1nn(C)c(C)c1CCNC(=O)c1csc(CCN)n1.Cl. The van der Waals surface area contributed by atoms with Gasteiger partial charge in [0.2, 0.25) is 0 Å². The zero-order valence-electron chi connectivity index (χ0n) is 13.0. The molecule has 2 aromatic heterocycles. The molecule has 2 rings (SSSR count). The number of amides is 1. The van der Waals surface area contributed by atoms with Crippen LogP contribution in [0.4, 0.5) is 0 Å². The normalized spacial score (nSPS) is 10.4. The smallest absolute Gasteiger partial charge is 0.270 e. The number of nitrogens with two attached hydrogens (primary N) is 1. The summed E-state index contributed by atoms with van der Waals surface area (Å²) in [4.78, 5) is 16.3. The van der Waals surface area contributed by atoms with E-state index in [2.05, 4.69) is 15.4 Å². The summed E-state index contributed by atoms with van der Waals surface area (Å²) < 4.78 is 1.87. The van der Waals surface area contributed by atoms with E-state index in [0.717, 1.165) is 22.8 Å². The van der Waals surface area contributed by atoms with Crippen molar-refractivity contribution in [3.05, 3.63) is 33.0 Å². The van der Waals surface area contributed by atoms with Crippen molar-refractivity contribution in [3.63, 3.8) is 0 Å². The first-order chi connectivity index (χ1) is 10.0. The Balaban J connectivity index is 0.00000242. The van der Waals surface area contributed by atoms with Gasteiger partial charge in [0.05, 0.1) is 10.7 Å². The van der Waals surface area contributed by atoms with Crippen LogP contribution in [-0.4, -0.2) is 33.8 Å². The molecule has 1 amide bonds. The molecule has 2 heterocycles. The molecule has 3 N–H and O–H groups in total. The van der Waals surface area contributed by atoms with Gasteiger partial charge >= 0.3 is 0 Å². The van der Waals surface area contributed by atoms with Crippen molar-refractivity contribution >= 4 is 29.7 Å². The number of thiazole rings is 1. The summed E-state index contributed by atoms with van der Waals surface area (Å²) in [5.41, 5.74) is 9.30. The maximum absolute atomic E-state index is 12.0. The molecule has 2 aromatic rings.